The van der Waals surface area contributed by atoms with Gasteiger partial charge in [0.25, 0.3) is 0 Å². The monoisotopic (exact) mass is 270 g/mol. The number of rotatable bonds is 4. The van der Waals surface area contributed by atoms with Crippen molar-refractivity contribution in [2.75, 3.05) is 5.75 Å². The van der Waals surface area contributed by atoms with E-state index in [-0.39, 0.29) is 5.78 Å². The summed E-state index contributed by atoms with van der Waals surface area (Å²) >= 11 is 1.60. The summed E-state index contributed by atoms with van der Waals surface area (Å²) in [5.41, 5.74) is 4.33. The van der Waals surface area contributed by atoms with Crippen LogP contribution in [0.4, 0.5) is 0 Å². The molecule has 0 saturated heterocycles. The van der Waals surface area contributed by atoms with Crippen molar-refractivity contribution in [1.29, 1.82) is 0 Å². The largest absolute Gasteiger partial charge is 0.293 e. The topological polar surface area (TPSA) is 17.1 Å². The lowest BCUT2D eigenvalue weighted by atomic mass is 10.1. The lowest BCUT2D eigenvalue weighted by Crippen LogP contribution is -2.03. The molecule has 98 valence electrons. The Labute approximate surface area is 119 Å². The molecular weight excluding hydrogens is 252 g/mol. The third-order valence-corrected chi connectivity index (χ3v) is 3.90. The molecule has 1 nitrogen and oxygen atoms in total. The predicted molar refractivity (Wildman–Crippen MR) is 82.1 cm³/mol. The van der Waals surface area contributed by atoms with Crippen LogP contribution in [0.1, 0.15) is 27.0 Å². The first-order chi connectivity index (χ1) is 9.04. The Balaban J connectivity index is 2.05. The molecule has 0 aliphatic rings. The van der Waals surface area contributed by atoms with E-state index in [0.717, 1.165) is 21.6 Å². The van der Waals surface area contributed by atoms with Crippen molar-refractivity contribution >= 4 is 17.5 Å². The van der Waals surface area contributed by atoms with Crippen molar-refractivity contribution in [3.8, 4) is 0 Å². The molecule has 19 heavy (non-hydrogen) atoms. The van der Waals surface area contributed by atoms with Crippen LogP contribution in [0.5, 0.6) is 0 Å². The van der Waals surface area contributed by atoms with Gasteiger partial charge in [-0.25, -0.2) is 0 Å². The molecule has 0 atom stereocenters. The highest BCUT2D eigenvalue weighted by Crippen LogP contribution is 2.20. The average molecular weight is 270 g/mol. The van der Waals surface area contributed by atoms with Crippen LogP contribution in [-0.4, -0.2) is 11.5 Å². The van der Waals surface area contributed by atoms with E-state index >= 15 is 0 Å². The van der Waals surface area contributed by atoms with Gasteiger partial charge in [-0.15, -0.1) is 11.8 Å². The molecule has 0 saturated carbocycles. The minimum absolute atomic E-state index is 0.193. The maximum Gasteiger partial charge on any atom is 0.173 e. The molecule has 2 aromatic carbocycles. The molecule has 2 aromatic rings. The number of carbonyl (C=O) groups excluding carboxylic acids is 1. The lowest BCUT2D eigenvalue weighted by molar-refractivity contribution is 0.102. The molecule has 0 amide bonds. The Morgan fingerprint density at radius 3 is 2.26 bits per heavy atom. The van der Waals surface area contributed by atoms with E-state index in [1.54, 1.807) is 11.8 Å². The van der Waals surface area contributed by atoms with Crippen LogP contribution in [0.2, 0.25) is 0 Å². The maximum absolute atomic E-state index is 12.2. The number of hydrogen-bond donors (Lipinski definition) is 0. The van der Waals surface area contributed by atoms with Crippen LogP contribution in [0, 0.1) is 20.8 Å². The summed E-state index contributed by atoms with van der Waals surface area (Å²) in [5, 5.41) is 0. The number of benzene rings is 2. The molecule has 0 aliphatic heterocycles. The van der Waals surface area contributed by atoms with Gasteiger partial charge < -0.3 is 0 Å². The zero-order valence-corrected chi connectivity index (χ0v) is 12.4. The van der Waals surface area contributed by atoms with Gasteiger partial charge in [-0.1, -0.05) is 34.9 Å². The second-order valence-corrected chi connectivity index (χ2v) is 5.95. The molecular formula is C17H18OS. The fourth-order valence-corrected chi connectivity index (χ4v) is 2.98. The Bertz CT molecular complexity index is 582. The Hall–Kier alpha value is -1.54. The highest BCUT2D eigenvalue weighted by molar-refractivity contribution is 8.00. The van der Waals surface area contributed by atoms with E-state index in [4.69, 9.17) is 0 Å². The number of hydrogen-bond acceptors (Lipinski definition) is 2. The van der Waals surface area contributed by atoms with Crippen LogP contribution in [0.15, 0.2) is 47.4 Å². The molecule has 0 aliphatic carbocycles. The van der Waals surface area contributed by atoms with Gasteiger partial charge in [-0.05, 0) is 45.0 Å². The first kappa shape index (κ1) is 13.9. The maximum atomic E-state index is 12.2. The Morgan fingerprint density at radius 2 is 1.63 bits per heavy atom. The molecule has 0 heterocycles. The van der Waals surface area contributed by atoms with Gasteiger partial charge in [0.15, 0.2) is 5.78 Å². The van der Waals surface area contributed by atoms with Crippen molar-refractivity contribution in [3.05, 3.63) is 64.7 Å². The van der Waals surface area contributed by atoms with Crippen LogP contribution in [0.3, 0.4) is 0 Å². The fraction of sp³-hybridized carbons (Fsp3) is 0.235. The zero-order chi connectivity index (χ0) is 13.8. The summed E-state index contributed by atoms with van der Waals surface area (Å²) in [6, 6.07) is 14.3. The standard InChI is InChI=1S/C17H18OS/c1-12-5-4-6-16(10-12)19-11-17(18)15-8-13(2)7-14(3)9-15/h4-10H,11H2,1-3H3. The first-order valence-electron chi connectivity index (χ1n) is 6.35. The van der Waals surface area contributed by atoms with Crippen LogP contribution in [-0.2, 0) is 0 Å². The van der Waals surface area contributed by atoms with Crippen molar-refractivity contribution in [1.82, 2.24) is 0 Å². The van der Waals surface area contributed by atoms with Gasteiger partial charge in [0, 0.05) is 10.5 Å². The quantitative estimate of drug-likeness (QED) is 0.597. The third-order valence-electron chi connectivity index (χ3n) is 2.90. The van der Waals surface area contributed by atoms with Gasteiger partial charge in [-0.2, -0.15) is 0 Å². The molecule has 2 rings (SSSR count). The number of carbonyl (C=O) groups is 1. The van der Waals surface area contributed by atoms with E-state index in [0.29, 0.717) is 5.75 Å². The average Bonchev–Trinajstić information content (AvgIpc) is 2.35. The van der Waals surface area contributed by atoms with E-state index in [2.05, 4.69) is 25.1 Å². The van der Waals surface area contributed by atoms with Crippen molar-refractivity contribution in [2.24, 2.45) is 0 Å². The highest BCUT2D eigenvalue weighted by atomic mass is 32.2. The lowest BCUT2D eigenvalue weighted by Gasteiger charge is -2.05. The van der Waals surface area contributed by atoms with E-state index in [9.17, 15) is 4.79 Å². The number of Topliss-reactive ketones (excluding diaryl/α,β-unsaturated/α-hetero) is 1. The van der Waals surface area contributed by atoms with Crippen LogP contribution >= 0.6 is 11.8 Å². The van der Waals surface area contributed by atoms with Gasteiger partial charge in [0.1, 0.15) is 0 Å². The summed E-state index contributed by atoms with van der Waals surface area (Å²) in [6.07, 6.45) is 0. The third kappa shape index (κ3) is 3.97. The molecule has 0 bridgehead atoms. The highest BCUT2D eigenvalue weighted by Gasteiger charge is 2.07. The molecule has 0 fully saturated rings. The molecule has 0 spiro atoms. The van der Waals surface area contributed by atoms with E-state index in [1.165, 1.54) is 5.56 Å². The second-order valence-electron chi connectivity index (χ2n) is 4.90. The predicted octanol–water partition coefficient (Wildman–Crippen LogP) is 4.59. The first-order valence-corrected chi connectivity index (χ1v) is 7.34. The number of thioether (sulfide) groups is 1. The second kappa shape index (κ2) is 6.07. The van der Waals surface area contributed by atoms with Gasteiger partial charge in [0.2, 0.25) is 0 Å². The minimum Gasteiger partial charge on any atom is -0.293 e. The Kier molecular flexibility index (Phi) is 4.43. The van der Waals surface area contributed by atoms with Crippen molar-refractivity contribution in [3.63, 3.8) is 0 Å². The number of aryl methyl sites for hydroxylation is 3. The summed E-state index contributed by atoms with van der Waals surface area (Å²) in [7, 11) is 0. The van der Waals surface area contributed by atoms with E-state index in [1.807, 2.05) is 38.1 Å². The SMILES string of the molecule is Cc1cccc(SCC(=O)c2cc(C)cc(C)c2)c1. The Morgan fingerprint density at radius 1 is 0.947 bits per heavy atom. The summed E-state index contributed by atoms with van der Waals surface area (Å²) < 4.78 is 0. The zero-order valence-electron chi connectivity index (χ0n) is 11.6. The molecule has 0 aromatic heterocycles. The minimum atomic E-state index is 0.193. The van der Waals surface area contributed by atoms with Gasteiger partial charge in [0.05, 0.1) is 5.75 Å². The van der Waals surface area contributed by atoms with Crippen LogP contribution in [0.25, 0.3) is 0 Å². The number of ketones is 1. The molecule has 0 N–H and O–H groups in total. The van der Waals surface area contributed by atoms with Crippen molar-refractivity contribution < 1.29 is 4.79 Å². The summed E-state index contributed by atoms with van der Waals surface area (Å²) in [5.74, 6) is 0.685. The van der Waals surface area contributed by atoms with Gasteiger partial charge in [-0.3, -0.25) is 4.79 Å². The molecule has 2 heteroatoms. The van der Waals surface area contributed by atoms with Crippen molar-refractivity contribution in [2.45, 2.75) is 25.7 Å². The normalized spacial score (nSPS) is 10.5. The summed E-state index contributed by atoms with van der Waals surface area (Å²) in [6.45, 7) is 6.12. The molecule has 0 radical (unpaired) electrons. The molecule has 0 unspecified atom stereocenters. The fourth-order valence-electron chi connectivity index (χ4n) is 2.07. The van der Waals surface area contributed by atoms with Gasteiger partial charge >= 0.3 is 0 Å². The van der Waals surface area contributed by atoms with Crippen LogP contribution < -0.4 is 0 Å². The summed E-state index contributed by atoms with van der Waals surface area (Å²) in [4.78, 5) is 13.3. The smallest absolute Gasteiger partial charge is 0.173 e. The van der Waals surface area contributed by atoms with E-state index < -0.39 is 0 Å².